The van der Waals surface area contributed by atoms with Crippen molar-refractivity contribution < 1.29 is 4.42 Å². The van der Waals surface area contributed by atoms with Crippen molar-refractivity contribution in [2.45, 2.75) is 0 Å². The van der Waals surface area contributed by atoms with Crippen LogP contribution in [0, 0.1) is 5.51 Å². The fraction of sp³-hybridized carbons (Fsp3) is 0. The lowest BCUT2D eigenvalue weighted by Gasteiger charge is -1.83. The van der Waals surface area contributed by atoms with E-state index in [1.807, 2.05) is 17.5 Å². The Morgan fingerprint density at radius 2 is 2.60 bits per heavy atom. The van der Waals surface area contributed by atoms with E-state index in [0.29, 0.717) is 0 Å². The van der Waals surface area contributed by atoms with Crippen molar-refractivity contribution in [2.24, 2.45) is 0 Å². The van der Waals surface area contributed by atoms with Crippen molar-refractivity contribution in [1.82, 2.24) is 4.98 Å². The predicted molar refractivity (Wildman–Crippen MR) is 38.7 cm³/mol. The smallest absolute Gasteiger partial charge is 0.153 e. The number of hydrogen-bond donors (Lipinski definition) is 0. The Kier molecular flexibility index (Phi) is 1.29. The molecule has 0 saturated carbocycles. The van der Waals surface area contributed by atoms with Crippen LogP contribution in [0.5, 0.6) is 0 Å². The van der Waals surface area contributed by atoms with E-state index in [9.17, 15) is 0 Å². The van der Waals surface area contributed by atoms with Gasteiger partial charge in [0.2, 0.25) is 0 Å². The van der Waals surface area contributed by atoms with Gasteiger partial charge in [-0.1, -0.05) is 0 Å². The molecular weight excluding hydrogens is 146 g/mol. The van der Waals surface area contributed by atoms with Crippen molar-refractivity contribution in [3.63, 3.8) is 0 Å². The van der Waals surface area contributed by atoms with Crippen molar-refractivity contribution in [3.05, 3.63) is 29.3 Å². The van der Waals surface area contributed by atoms with E-state index < -0.39 is 0 Å². The topological polar surface area (TPSA) is 26.0 Å². The highest BCUT2D eigenvalue weighted by molar-refractivity contribution is 7.07. The summed E-state index contributed by atoms with van der Waals surface area (Å²) in [7, 11) is 0. The van der Waals surface area contributed by atoms with Crippen LogP contribution in [0.25, 0.3) is 11.5 Å². The van der Waals surface area contributed by atoms with Gasteiger partial charge in [-0.3, -0.25) is 0 Å². The van der Waals surface area contributed by atoms with Gasteiger partial charge in [0.1, 0.15) is 5.69 Å². The molecule has 0 unspecified atom stereocenters. The summed E-state index contributed by atoms with van der Waals surface area (Å²) in [6.07, 6.45) is 1.63. The third kappa shape index (κ3) is 0.844. The van der Waals surface area contributed by atoms with Gasteiger partial charge in [-0.15, -0.1) is 11.3 Å². The number of furan rings is 1. The van der Waals surface area contributed by atoms with Crippen LogP contribution in [-0.2, 0) is 0 Å². The average Bonchev–Trinajstić information content (AvgIpc) is 2.59. The quantitative estimate of drug-likeness (QED) is 0.622. The van der Waals surface area contributed by atoms with Crippen LogP contribution in [-0.4, -0.2) is 4.98 Å². The highest BCUT2D eigenvalue weighted by Crippen LogP contribution is 2.17. The van der Waals surface area contributed by atoms with E-state index in [1.54, 1.807) is 6.26 Å². The van der Waals surface area contributed by atoms with Crippen LogP contribution in [0.4, 0.5) is 0 Å². The van der Waals surface area contributed by atoms with Crippen molar-refractivity contribution in [2.75, 3.05) is 0 Å². The van der Waals surface area contributed by atoms with Crippen LogP contribution in [0.2, 0.25) is 0 Å². The minimum atomic E-state index is 0.803. The predicted octanol–water partition coefficient (Wildman–Crippen LogP) is 2.20. The van der Waals surface area contributed by atoms with Gasteiger partial charge in [-0.25, -0.2) is 4.98 Å². The van der Waals surface area contributed by atoms with Crippen LogP contribution >= 0.6 is 11.3 Å². The Bertz CT molecular complexity index is 253. The van der Waals surface area contributed by atoms with E-state index in [0.717, 1.165) is 11.5 Å². The molecule has 0 spiro atoms. The summed E-state index contributed by atoms with van der Waals surface area (Å²) in [5.74, 6) is 0.803. The average molecular weight is 150 g/mol. The van der Waals surface area contributed by atoms with Crippen LogP contribution < -0.4 is 0 Å². The van der Waals surface area contributed by atoms with Crippen LogP contribution in [0.15, 0.2) is 28.2 Å². The zero-order chi connectivity index (χ0) is 6.81. The summed E-state index contributed by atoms with van der Waals surface area (Å²) in [5.41, 5.74) is 3.61. The van der Waals surface area contributed by atoms with Gasteiger partial charge in [0.05, 0.1) is 6.26 Å². The Labute approximate surface area is 62.1 Å². The third-order valence-corrected chi connectivity index (χ3v) is 1.70. The Morgan fingerprint density at radius 1 is 1.60 bits per heavy atom. The summed E-state index contributed by atoms with van der Waals surface area (Å²) in [5, 5.41) is 1.90. The number of nitrogens with zero attached hydrogens (tertiary/aromatic N) is 1. The lowest BCUT2D eigenvalue weighted by molar-refractivity contribution is 0.580. The minimum Gasteiger partial charge on any atom is -0.463 e. The second-order valence-electron chi connectivity index (χ2n) is 1.80. The number of aromatic nitrogens is 1. The first-order valence-corrected chi connectivity index (χ1v) is 3.70. The van der Waals surface area contributed by atoms with E-state index in [-0.39, 0.29) is 0 Å². The number of thiazole rings is 1. The molecular formula is C7H4NOS. The zero-order valence-corrected chi connectivity index (χ0v) is 5.89. The molecule has 49 valence electrons. The second-order valence-corrected chi connectivity index (χ2v) is 2.46. The molecule has 0 bridgehead atoms. The van der Waals surface area contributed by atoms with E-state index in [2.05, 4.69) is 10.5 Å². The molecule has 10 heavy (non-hydrogen) atoms. The van der Waals surface area contributed by atoms with E-state index in [1.165, 1.54) is 11.3 Å². The first-order valence-electron chi connectivity index (χ1n) is 2.82. The minimum absolute atomic E-state index is 0.803. The fourth-order valence-electron chi connectivity index (χ4n) is 0.722. The maximum atomic E-state index is 5.10. The summed E-state index contributed by atoms with van der Waals surface area (Å²) in [6, 6.07) is 3.72. The molecule has 2 aromatic rings. The highest BCUT2D eigenvalue weighted by atomic mass is 32.1. The molecule has 0 aliphatic carbocycles. The largest absolute Gasteiger partial charge is 0.463 e. The molecule has 0 amide bonds. The molecule has 0 fully saturated rings. The molecule has 2 nitrogen and oxygen atoms in total. The summed E-state index contributed by atoms with van der Waals surface area (Å²) < 4.78 is 5.10. The monoisotopic (exact) mass is 150 g/mol. The first kappa shape index (κ1) is 5.68. The molecule has 2 heterocycles. The molecule has 1 radical (unpaired) electrons. The molecule has 0 aromatic carbocycles. The van der Waals surface area contributed by atoms with Gasteiger partial charge in [0.15, 0.2) is 11.3 Å². The molecule has 0 saturated heterocycles. The normalized spacial score (nSPS) is 10.0. The summed E-state index contributed by atoms with van der Waals surface area (Å²) in [6.45, 7) is 0. The van der Waals surface area contributed by atoms with Gasteiger partial charge in [-0.05, 0) is 12.1 Å². The fourth-order valence-corrected chi connectivity index (χ4v) is 1.21. The maximum Gasteiger partial charge on any atom is 0.153 e. The molecule has 0 N–H and O–H groups in total. The van der Waals surface area contributed by atoms with Crippen molar-refractivity contribution >= 4 is 11.3 Å². The molecule has 2 rings (SSSR count). The SMILES string of the molecule is [c]1nc(-c2ccco2)cs1. The molecule has 0 aliphatic heterocycles. The Hall–Kier alpha value is -1.09. The standard InChI is InChI=1S/C7H4NOS/c1-2-7(9-3-1)6-4-10-5-8-6/h1-4H. The number of rotatable bonds is 1. The molecule has 3 heteroatoms. The molecule has 2 aromatic heterocycles. The van der Waals surface area contributed by atoms with Crippen molar-refractivity contribution in [3.8, 4) is 11.5 Å². The Morgan fingerprint density at radius 3 is 3.20 bits per heavy atom. The molecule has 0 aliphatic rings. The lowest BCUT2D eigenvalue weighted by atomic mass is 10.4. The van der Waals surface area contributed by atoms with Crippen molar-refractivity contribution in [1.29, 1.82) is 0 Å². The number of hydrogen-bond acceptors (Lipinski definition) is 3. The maximum absolute atomic E-state index is 5.10. The second kappa shape index (κ2) is 2.27. The summed E-state index contributed by atoms with van der Waals surface area (Å²) in [4.78, 5) is 3.96. The van der Waals surface area contributed by atoms with Gasteiger partial charge in [0.25, 0.3) is 0 Å². The molecule has 0 atom stereocenters. The zero-order valence-electron chi connectivity index (χ0n) is 5.07. The highest BCUT2D eigenvalue weighted by Gasteiger charge is 1.99. The van der Waals surface area contributed by atoms with Gasteiger partial charge >= 0.3 is 0 Å². The summed E-state index contributed by atoms with van der Waals surface area (Å²) >= 11 is 1.44. The Balaban J connectivity index is 2.48. The van der Waals surface area contributed by atoms with Crippen LogP contribution in [0.1, 0.15) is 0 Å². The van der Waals surface area contributed by atoms with Gasteiger partial charge in [-0.2, -0.15) is 0 Å². The first-order chi connectivity index (χ1) is 4.97. The third-order valence-electron chi connectivity index (χ3n) is 1.16. The van der Waals surface area contributed by atoms with Gasteiger partial charge in [0, 0.05) is 5.38 Å². The van der Waals surface area contributed by atoms with Crippen LogP contribution in [0.3, 0.4) is 0 Å². The van der Waals surface area contributed by atoms with E-state index >= 15 is 0 Å². The lowest BCUT2D eigenvalue weighted by Crippen LogP contribution is -1.68. The van der Waals surface area contributed by atoms with E-state index in [4.69, 9.17) is 4.42 Å². The van der Waals surface area contributed by atoms with Gasteiger partial charge < -0.3 is 4.42 Å².